The molecule has 0 aromatic heterocycles. The molecular weight excluding hydrogens is 325 g/mol. The number of hydrogen-bond donors (Lipinski definition) is 1. The zero-order valence-corrected chi connectivity index (χ0v) is 13.0. The van der Waals surface area contributed by atoms with Crippen LogP contribution in [0.5, 0.6) is 0 Å². The van der Waals surface area contributed by atoms with Gasteiger partial charge in [0.25, 0.3) is 0 Å². The quantitative estimate of drug-likeness (QED) is 0.761. The van der Waals surface area contributed by atoms with E-state index in [2.05, 4.69) is 66.0 Å². The fourth-order valence-corrected chi connectivity index (χ4v) is 2.76. The molecule has 1 N–H and O–H groups in total. The smallest absolute Gasteiger partial charge is 0.0465 e. The van der Waals surface area contributed by atoms with Gasteiger partial charge < -0.3 is 10.1 Å². The van der Waals surface area contributed by atoms with Gasteiger partial charge >= 0.3 is 0 Å². The third-order valence-electron chi connectivity index (χ3n) is 3.01. The summed E-state index contributed by atoms with van der Waals surface area (Å²) in [5, 5.41) is 3.59. The highest BCUT2D eigenvalue weighted by Gasteiger charge is 2.19. The van der Waals surface area contributed by atoms with Gasteiger partial charge in [0.05, 0.1) is 0 Å². The molecule has 0 aliphatic rings. The SMILES string of the molecule is CCNC(c1ccccc1I)C(C)CCOC. The van der Waals surface area contributed by atoms with Crippen molar-refractivity contribution in [1.29, 1.82) is 0 Å². The van der Waals surface area contributed by atoms with Gasteiger partial charge in [0.2, 0.25) is 0 Å². The van der Waals surface area contributed by atoms with Gasteiger partial charge in [-0.15, -0.1) is 0 Å². The fraction of sp³-hybridized carbons (Fsp3) is 0.571. The van der Waals surface area contributed by atoms with Gasteiger partial charge in [-0.2, -0.15) is 0 Å². The van der Waals surface area contributed by atoms with Crippen LogP contribution >= 0.6 is 22.6 Å². The van der Waals surface area contributed by atoms with E-state index in [0.717, 1.165) is 19.6 Å². The molecule has 1 aromatic rings. The van der Waals surface area contributed by atoms with Crippen LogP contribution < -0.4 is 5.32 Å². The Morgan fingerprint density at radius 2 is 2.06 bits per heavy atom. The minimum absolute atomic E-state index is 0.420. The Balaban J connectivity index is 2.81. The molecule has 0 aliphatic heterocycles. The second kappa shape index (κ2) is 8.06. The van der Waals surface area contributed by atoms with Crippen molar-refractivity contribution in [3.8, 4) is 0 Å². The summed E-state index contributed by atoms with van der Waals surface area (Å²) < 4.78 is 6.51. The molecular formula is C14H22INO. The average Bonchev–Trinajstić information content (AvgIpc) is 2.34. The molecule has 2 atom stereocenters. The third-order valence-corrected chi connectivity index (χ3v) is 3.99. The van der Waals surface area contributed by atoms with Crippen LogP contribution in [0.1, 0.15) is 31.9 Å². The lowest BCUT2D eigenvalue weighted by molar-refractivity contribution is 0.170. The van der Waals surface area contributed by atoms with Crippen molar-refractivity contribution in [2.24, 2.45) is 5.92 Å². The molecule has 0 bridgehead atoms. The molecule has 0 saturated heterocycles. The van der Waals surface area contributed by atoms with E-state index < -0.39 is 0 Å². The van der Waals surface area contributed by atoms with Crippen LogP contribution in [0.3, 0.4) is 0 Å². The van der Waals surface area contributed by atoms with E-state index in [4.69, 9.17) is 4.74 Å². The van der Waals surface area contributed by atoms with Crippen LogP contribution in [0.25, 0.3) is 0 Å². The third kappa shape index (κ3) is 4.56. The first-order chi connectivity index (χ1) is 8.20. The number of halogens is 1. The predicted molar refractivity (Wildman–Crippen MR) is 81.2 cm³/mol. The van der Waals surface area contributed by atoms with Crippen molar-refractivity contribution in [1.82, 2.24) is 5.32 Å². The summed E-state index contributed by atoms with van der Waals surface area (Å²) in [7, 11) is 1.77. The van der Waals surface area contributed by atoms with Crippen LogP contribution in [0.15, 0.2) is 24.3 Å². The maximum absolute atomic E-state index is 5.18. The Bertz CT molecular complexity index is 330. The first-order valence-corrected chi connectivity index (χ1v) is 7.25. The first-order valence-electron chi connectivity index (χ1n) is 6.17. The lowest BCUT2D eigenvalue weighted by Gasteiger charge is -2.26. The molecule has 2 nitrogen and oxygen atoms in total. The van der Waals surface area contributed by atoms with E-state index in [1.165, 1.54) is 9.13 Å². The van der Waals surface area contributed by atoms with Crippen molar-refractivity contribution in [2.75, 3.05) is 20.3 Å². The van der Waals surface area contributed by atoms with Crippen molar-refractivity contribution in [2.45, 2.75) is 26.3 Å². The highest BCUT2D eigenvalue weighted by Crippen LogP contribution is 2.28. The Labute approximate surface area is 118 Å². The molecule has 0 aliphatic carbocycles. The molecule has 0 saturated carbocycles. The number of benzene rings is 1. The Kier molecular flexibility index (Phi) is 7.08. The van der Waals surface area contributed by atoms with Gasteiger partial charge in [0, 0.05) is 23.3 Å². The summed E-state index contributed by atoms with van der Waals surface area (Å²) in [6.07, 6.45) is 1.08. The summed E-state index contributed by atoms with van der Waals surface area (Å²) in [6.45, 7) is 6.26. The summed E-state index contributed by atoms with van der Waals surface area (Å²) in [4.78, 5) is 0. The second-order valence-corrected chi connectivity index (χ2v) is 5.48. The molecule has 0 radical (unpaired) electrons. The Hall–Kier alpha value is -0.130. The highest BCUT2D eigenvalue weighted by atomic mass is 127. The average molecular weight is 347 g/mol. The predicted octanol–water partition coefficient (Wildman–Crippen LogP) is 3.61. The maximum atomic E-state index is 5.18. The van der Waals surface area contributed by atoms with E-state index in [0.29, 0.717) is 12.0 Å². The van der Waals surface area contributed by atoms with Crippen LogP contribution in [-0.4, -0.2) is 20.3 Å². The van der Waals surface area contributed by atoms with E-state index in [-0.39, 0.29) is 0 Å². The maximum Gasteiger partial charge on any atom is 0.0465 e. The number of nitrogens with one attached hydrogen (secondary N) is 1. The molecule has 2 unspecified atom stereocenters. The molecule has 0 amide bonds. The largest absolute Gasteiger partial charge is 0.385 e. The van der Waals surface area contributed by atoms with Crippen LogP contribution in [0.2, 0.25) is 0 Å². The number of ether oxygens (including phenoxy) is 1. The monoisotopic (exact) mass is 347 g/mol. The molecule has 3 heteroatoms. The zero-order chi connectivity index (χ0) is 12.7. The summed E-state index contributed by atoms with van der Waals surface area (Å²) in [5.41, 5.74) is 1.40. The zero-order valence-electron chi connectivity index (χ0n) is 10.9. The normalized spacial score (nSPS) is 14.6. The van der Waals surface area contributed by atoms with Crippen molar-refractivity contribution < 1.29 is 4.74 Å². The lowest BCUT2D eigenvalue weighted by atomic mass is 9.92. The topological polar surface area (TPSA) is 21.3 Å². The van der Waals surface area contributed by atoms with Crippen molar-refractivity contribution in [3.63, 3.8) is 0 Å². The molecule has 0 fully saturated rings. The van der Waals surface area contributed by atoms with Crippen LogP contribution in [0.4, 0.5) is 0 Å². The minimum Gasteiger partial charge on any atom is -0.385 e. The van der Waals surface area contributed by atoms with Gasteiger partial charge in [0.1, 0.15) is 0 Å². The summed E-state index contributed by atoms with van der Waals surface area (Å²) >= 11 is 2.42. The fourth-order valence-electron chi connectivity index (χ4n) is 2.04. The summed E-state index contributed by atoms with van der Waals surface area (Å²) in [5.74, 6) is 0.575. The Morgan fingerprint density at radius 3 is 2.65 bits per heavy atom. The van der Waals surface area contributed by atoms with Crippen LogP contribution in [-0.2, 0) is 4.74 Å². The molecule has 0 heterocycles. The number of methoxy groups -OCH3 is 1. The molecule has 0 spiro atoms. The van der Waals surface area contributed by atoms with E-state index in [1.54, 1.807) is 7.11 Å². The van der Waals surface area contributed by atoms with Crippen LogP contribution in [0, 0.1) is 9.49 Å². The van der Waals surface area contributed by atoms with Gasteiger partial charge in [0.15, 0.2) is 0 Å². The molecule has 1 aromatic carbocycles. The van der Waals surface area contributed by atoms with Gasteiger partial charge in [-0.1, -0.05) is 32.0 Å². The van der Waals surface area contributed by atoms with E-state index in [9.17, 15) is 0 Å². The van der Waals surface area contributed by atoms with Gasteiger partial charge in [-0.05, 0) is 53.1 Å². The van der Waals surface area contributed by atoms with Gasteiger partial charge in [-0.25, -0.2) is 0 Å². The van der Waals surface area contributed by atoms with E-state index in [1.807, 2.05) is 0 Å². The number of rotatable bonds is 7. The second-order valence-electron chi connectivity index (χ2n) is 4.32. The standard InChI is InChI=1S/C14H22INO/c1-4-16-14(11(2)9-10-17-3)12-7-5-6-8-13(12)15/h5-8,11,14,16H,4,9-10H2,1-3H3. The first kappa shape index (κ1) is 14.9. The van der Waals surface area contributed by atoms with Gasteiger partial charge in [-0.3, -0.25) is 0 Å². The molecule has 96 valence electrons. The van der Waals surface area contributed by atoms with Crippen molar-refractivity contribution in [3.05, 3.63) is 33.4 Å². The molecule has 17 heavy (non-hydrogen) atoms. The Morgan fingerprint density at radius 1 is 1.35 bits per heavy atom. The molecule has 1 rings (SSSR count). The summed E-state index contributed by atoms with van der Waals surface area (Å²) in [6, 6.07) is 9.02. The minimum atomic E-state index is 0.420. The highest BCUT2D eigenvalue weighted by molar-refractivity contribution is 14.1. The number of hydrogen-bond acceptors (Lipinski definition) is 2. The van der Waals surface area contributed by atoms with E-state index >= 15 is 0 Å². The van der Waals surface area contributed by atoms with Crippen molar-refractivity contribution >= 4 is 22.6 Å². The lowest BCUT2D eigenvalue weighted by Crippen LogP contribution is -2.28.